The van der Waals surface area contributed by atoms with E-state index in [4.69, 9.17) is 0 Å². The van der Waals surface area contributed by atoms with Crippen LogP contribution in [0.1, 0.15) is 31.2 Å². The van der Waals surface area contributed by atoms with Crippen molar-refractivity contribution in [2.45, 2.75) is 32.2 Å². The highest BCUT2D eigenvalue weighted by molar-refractivity contribution is 5.76. The number of aryl methyl sites for hydroxylation is 1. The molecular weight excluding hydrogens is 372 g/mol. The van der Waals surface area contributed by atoms with Crippen LogP contribution in [-0.4, -0.2) is 26.3 Å². The molecule has 0 saturated carbocycles. The zero-order valence-electron chi connectivity index (χ0n) is 16.3. The number of hydrogen-bond donors (Lipinski definition) is 1. The molecule has 5 nitrogen and oxygen atoms in total. The molecule has 1 N–H and O–H groups in total. The molecule has 0 amide bonds. The number of nitrogens with zero attached hydrogens (tertiary/aromatic N) is 4. The molecule has 148 valence electrons. The van der Waals surface area contributed by atoms with E-state index < -0.39 is 17.2 Å². The molecule has 7 heteroatoms. The van der Waals surface area contributed by atoms with Crippen LogP contribution < -0.4 is 4.90 Å². The number of imidazole rings is 1. The first-order chi connectivity index (χ1) is 14.0. The topological polar surface area (TPSA) is 49.7 Å². The van der Waals surface area contributed by atoms with Gasteiger partial charge in [0.2, 0.25) is 0 Å². The number of aromatic amines is 1. The van der Waals surface area contributed by atoms with E-state index in [2.05, 4.69) is 52.0 Å². The second-order valence-corrected chi connectivity index (χ2v) is 7.81. The van der Waals surface area contributed by atoms with Crippen molar-refractivity contribution >= 4 is 16.7 Å². The first-order valence-corrected chi connectivity index (χ1v) is 9.70. The summed E-state index contributed by atoms with van der Waals surface area (Å²) in [4.78, 5) is 10.0. The highest BCUT2D eigenvalue weighted by Crippen LogP contribution is 2.43. The minimum absolute atomic E-state index is 0.0459. The van der Waals surface area contributed by atoms with Gasteiger partial charge in [0, 0.05) is 18.9 Å². The van der Waals surface area contributed by atoms with Gasteiger partial charge in [-0.2, -0.15) is 5.10 Å². The van der Waals surface area contributed by atoms with Crippen molar-refractivity contribution in [3.8, 4) is 5.69 Å². The van der Waals surface area contributed by atoms with Gasteiger partial charge in [0.1, 0.15) is 11.3 Å². The number of halogens is 2. The quantitative estimate of drug-likeness (QED) is 0.541. The van der Waals surface area contributed by atoms with Gasteiger partial charge < -0.3 is 9.88 Å². The monoisotopic (exact) mass is 393 g/mol. The molecule has 2 aromatic carbocycles. The third-order valence-electron chi connectivity index (χ3n) is 5.87. The van der Waals surface area contributed by atoms with Gasteiger partial charge in [-0.05, 0) is 62.6 Å². The van der Waals surface area contributed by atoms with E-state index in [1.54, 1.807) is 6.20 Å². The van der Waals surface area contributed by atoms with Gasteiger partial charge in [-0.1, -0.05) is 6.07 Å². The average molecular weight is 393 g/mol. The molecule has 4 aromatic rings. The van der Waals surface area contributed by atoms with Crippen LogP contribution >= 0.6 is 0 Å². The molecule has 0 bridgehead atoms. The van der Waals surface area contributed by atoms with Crippen molar-refractivity contribution in [2.24, 2.45) is 0 Å². The summed E-state index contributed by atoms with van der Waals surface area (Å²) >= 11 is 0. The van der Waals surface area contributed by atoms with Crippen LogP contribution in [0.4, 0.5) is 14.5 Å². The zero-order chi connectivity index (χ0) is 20.2. The zero-order valence-corrected chi connectivity index (χ0v) is 16.3. The fraction of sp³-hybridized carbons (Fsp3) is 0.273. The lowest BCUT2D eigenvalue weighted by molar-refractivity contribution is 0.465. The lowest BCUT2D eigenvalue weighted by atomic mass is 9.97. The van der Waals surface area contributed by atoms with E-state index in [0.29, 0.717) is 11.3 Å². The molecule has 0 spiro atoms. The summed E-state index contributed by atoms with van der Waals surface area (Å²) in [6.45, 7) is 4.99. The number of aromatic nitrogens is 4. The summed E-state index contributed by atoms with van der Waals surface area (Å²) in [6.07, 6.45) is 5.49. The van der Waals surface area contributed by atoms with E-state index in [0.717, 1.165) is 42.4 Å². The van der Waals surface area contributed by atoms with Crippen LogP contribution in [0.5, 0.6) is 0 Å². The Morgan fingerprint density at radius 1 is 1.14 bits per heavy atom. The highest BCUT2D eigenvalue weighted by atomic mass is 19.2. The maximum atomic E-state index is 14.3. The largest absolute Gasteiger partial charge is 0.357 e. The van der Waals surface area contributed by atoms with E-state index in [9.17, 15) is 8.78 Å². The summed E-state index contributed by atoms with van der Waals surface area (Å²) in [5.41, 5.74) is 3.23. The van der Waals surface area contributed by atoms with Crippen LogP contribution in [0.15, 0.2) is 48.8 Å². The maximum Gasteiger partial charge on any atom is 0.186 e. The second kappa shape index (κ2) is 6.40. The maximum absolute atomic E-state index is 14.3. The van der Waals surface area contributed by atoms with Crippen LogP contribution in [0.2, 0.25) is 0 Å². The van der Waals surface area contributed by atoms with Gasteiger partial charge in [-0.25, -0.2) is 18.4 Å². The van der Waals surface area contributed by atoms with Crippen molar-refractivity contribution in [1.82, 2.24) is 19.7 Å². The summed E-state index contributed by atoms with van der Waals surface area (Å²) in [5.74, 6) is -1.16. The lowest BCUT2D eigenvalue weighted by Crippen LogP contribution is -2.40. The van der Waals surface area contributed by atoms with Crippen molar-refractivity contribution in [2.75, 3.05) is 11.4 Å². The Labute approximate surface area is 167 Å². The molecule has 0 radical (unpaired) electrons. The standard InChI is InChI=1S/C22H21F2N5/c1-14-5-8-17(29-12-4-10-25-29)18(13-14)28-11-3-9-22(28,2)21-26-16-7-6-15(23)19(24)20(16)27-21/h4-8,10,12-13H,3,9,11H2,1-2H3,(H,26,27)/t22-/m0/s1. The molecule has 5 rings (SSSR count). The number of nitrogens with one attached hydrogen (secondary N) is 1. The third kappa shape index (κ3) is 2.72. The van der Waals surface area contributed by atoms with Crippen LogP contribution in [0.3, 0.4) is 0 Å². The molecule has 1 aliphatic heterocycles. The van der Waals surface area contributed by atoms with Crippen molar-refractivity contribution in [1.29, 1.82) is 0 Å². The molecule has 1 atom stereocenters. The van der Waals surface area contributed by atoms with Gasteiger partial charge in [0.25, 0.3) is 0 Å². The first kappa shape index (κ1) is 17.8. The van der Waals surface area contributed by atoms with Crippen molar-refractivity contribution in [3.05, 3.63) is 71.8 Å². The van der Waals surface area contributed by atoms with Crippen molar-refractivity contribution < 1.29 is 8.78 Å². The third-order valence-corrected chi connectivity index (χ3v) is 5.87. The highest BCUT2D eigenvalue weighted by Gasteiger charge is 2.42. The summed E-state index contributed by atoms with van der Waals surface area (Å²) < 4.78 is 29.8. The molecule has 2 aromatic heterocycles. The van der Waals surface area contributed by atoms with Gasteiger partial charge in [0.05, 0.1) is 22.4 Å². The molecular formula is C22H21F2N5. The molecule has 0 unspecified atom stereocenters. The summed E-state index contributed by atoms with van der Waals surface area (Å²) in [6, 6.07) is 10.8. The number of fused-ring (bicyclic) bond motifs is 1. The van der Waals surface area contributed by atoms with Crippen LogP contribution in [0.25, 0.3) is 16.7 Å². The number of H-pyrrole nitrogens is 1. The number of benzene rings is 2. The first-order valence-electron chi connectivity index (χ1n) is 9.70. The number of anilines is 1. The Balaban J connectivity index is 1.66. The predicted molar refractivity (Wildman–Crippen MR) is 108 cm³/mol. The Morgan fingerprint density at radius 3 is 2.79 bits per heavy atom. The van der Waals surface area contributed by atoms with E-state index >= 15 is 0 Å². The molecule has 29 heavy (non-hydrogen) atoms. The Morgan fingerprint density at radius 2 is 2.00 bits per heavy atom. The van der Waals surface area contributed by atoms with Crippen LogP contribution in [-0.2, 0) is 5.54 Å². The van der Waals surface area contributed by atoms with E-state index in [1.807, 2.05) is 16.9 Å². The average Bonchev–Trinajstić information content (AvgIpc) is 3.44. The Kier molecular flexibility index (Phi) is 3.94. The molecule has 1 saturated heterocycles. The van der Waals surface area contributed by atoms with Gasteiger partial charge in [-0.3, -0.25) is 0 Å². The predicted octanol–water partition coefficient (Wildman–Crippen LogP) is 4.85. The summed E-state index contributed by atoms with van der Waals surface area (Å²) in [7, 11) is 0. The normalized spacial score (nSPS) is 19.4. The van der Waals surface area contributed by atoms with Gasteiger partial charge in [-0.15, -0.1) is 0 Å². The number of rotatable bonds is 3. The lowest BCUT2D eigenvalue weighted by Gasteiger charge is -2.36. The smallest absolute Gasteiger partial charge is 0.186 e. The molecule has 0 aliphatic carbocycles. The summed E-state index contributed by atoms with van der Waals surface area (Å²) in [5, 5.41) is 4.40. The van der Waals surface area contributed by atoms with E-state index in [1.165, 1.54) is 6.07 Å². The Hall–Kier alpha value is -3.22. The van der Waals surface area contributed by atoms with Gasteiger partial charge in [0.15, 0.2) is 11.6 Å². The number of hydrogen-bond acceptors (Lipinski definition) is 3. The molecule has 3 heterocycles. The second-order valence-electron chi connectivity index (χ2n) is 7.81. The SMILES string of the molecule is Cc1ccc(-n2cccn2)c(N2CCC[C@@]2(C)c2nc3c(F)c(F)ccc3[nH]2)c1. The van der Waals surface area contributed by atoms with E-state index in [-0.39, 0.29) is 5.52 Å². The minimum atomic E-state index is -0.911. The fourth-order valence-electron chi connectivity index (χ4n) is 4.32. The minimum Gasteiger partial charge on any atom is -0.357 e. The van der Waals surface area contributed by atoms with Crippen LogP contribution in [0, 0.1) is 18.6 Å². The van der Waals surface area contributed by atoms with Gasteiger partial charge >= 0.3 is 0 Å². The van der Waals surface area contributed by atoms with Crippen molar-refractivity contribution in [3.63, 3.8) is 0 Å². The fourth-order valence-corrected chi connectivity index (χ4v) is 4.32. The molecule has 1 fully saturated rings. The Bertz CT molecular complexity index is 1200. The molecule has 1 aliphatic rings.